The van der Waals surface area contributed by atoms with Gasteiger partial charge in [0.05, 0.1) is 11.0 Å². The molecule has 5 rings (SSSR count). The van der Waals surface area contributed by atoms with Crippen LogP contribution in [0, 0.1) is 0 Å². The van der Waals surface area contributed by atoms with Crippen LogP contribution in [-0.2, 0) is 0 Å². The van der Waals surface area contributed by atoms with Crippen molar-refractivity contribution in [1.82, 2.24) is 4.57 Å². The van der Waals surface area contributed by atoms with E-state index in [9.17, 15) is 0 Å². The summed E-state index contributed by atoms with van der Waals surface area (Å²) in [6.45, 7) is 0. The van der Waals surface area contributed by atoms with E-state index in [1.54, 1.807) is 0 Å². The third-order valence-electron chi connectivity index (χ3n) is 4.88. The maximum absolute atomic E-state index is 3.60. The van der Waals surface area contributed by atoms with Gasteiger partial charge in [-0.25, -0.2) is 0 Å². The molecule has 130 valence electrons. The minimum absolute atomic E-state index is 1.07. The predicted octanol–water partition coefficient (Wildman–Crippen LogP) is 7.98. The van der Waals surface area contributed by atoms with Gasteiger partial charge in [0.1, 0.15) is 0 Å². The van der Waals surface area contributed by atoms with E-state index < -0.39 is 0 Å². The van der Waals surface area contributed by atoms with Crippen molar-refractivity contribution in [3.05, 3.63) is 99.9 Å². The average molecular weight is 477 g/mol. The molecule has 0 aliphatic rings. The van der Waals surface area contributed by atoms with Gasteiger partial charge in [-0.1, -0.05) is 74.3 Å². The molecule has 1 nitrogen and oxygen atoms in total. The second-order valence-electron chi connectivity index (χ2n) is 6.58. The second kappa shape index (κ2) is 6.66. The number of aromatic nitrogens is 1. The largest absolute Gasteiger partial charge is 0.309 e. The van der Waals surface area contributed by atoms with E-state index >= 15 is 0 Å². The zero-order valence-electron chi connectivity index (χ0n) is 14.4. The Morgan fingerprint density at radius 3 is 1.96 bits per heavy atom. The van der Waals surface area contributed by atoms with E-state index in [2.05, 4.69) is 127 Å². The van der Waals surface area contributed by atoms with Crippen LogP contribution < -0.4 is 0 Å². The number of hydrogen-bond acceptors (Lipinski definition) is 0. The van der Waals surface area contributed by atoms with Gasteiger partial charge in [0.25, 0.3) is 0 Å². The predicted molar refractivity (Wildman–Crippen MR) is 122 cm³/mol. The number of fused-ring (bicyclic) bond motifs is 3. The molecule has 0 saturated carbocycles. The topological polar surface area (TPSA) is 4.93 Å². The van der Waals surface area contributed by atoms with Crippen LogP contribution in [0.5, 0.6) is 0 Å². The van der Waals surface area contributed by atoms with E-state index in [-0.39, 0.29) is 0 Å². The molecule has 0 atom stereocenters. The van der Waals surface area contributed by atoms with Gasteiger partial charge in [0.15, 0.2) is 0 Å². The van der Waals surface area contributed by atoms with Crippen LogP contribution in [0.3, 0.4) is 0 Å². The number of nitrogens with zero attached hydrogens (tertiary/aromatic N) is 1. The van der Waals surface area contributed by atoms with Crippen LogP contribution in [-0.4, -0.2) is 4.57 Å². The molecular formula is C24H15Br2N. The normalized spacial score (nSPS) is 11.3. The Bertz CT molecular complexity index is 1270. The molecule has 0 aliphatic heterocycles. The van der Waals surface area contributed by atoms with Gasteiger partial charge in [0, 0.05) is 25.4 Å². The lowest BCUT2D eigenvalue weighted by Gasteiger charge is -2.08. The van der Waals surface area contributed by atoms with Gasteiger partial charge in [0.2, 0.25) is 0 Å². The molecule has 1 heterocycles. The van der Waals surface area contributed by atoms with Gasteiger partial charge >= 0.3 is 0 Å². The second-order valence-corrected chi connectivity index (χ2v) is 8.41. The number of benzene rings is 4. The molecule has 0 aliphatic carbocycles. The Hall–Kier alpha value is -2.36. The molecule has 27 heavy (non-hydrogen) atoms. The van der Waals surface area contributed by atoms with Crippen LogP contribution in [0.15, 0.2) is 99.9 Å². The molecule has 0 bridgehead atoms. The van der Waals surface area contributed by atoms with Crippen molar-refractivity contribution in [3.8, 4) is 16.8 Å². The Morgan fingerprint density at radius 1 is 0.519 bits per heavy atom. The fraction of sp³-hybridized carbons (Fsp3) is 0. The highest BCUT2D eigenvalue weighted by atomic mass is 79.9. The lowest BCUT2D eigenvalue weighted by molar-refractivity contribution is 1.18. The maximum atomic E-state index is 3.60. The van der Waals surface area contributed by atoms with E-state index in [0.29, 0.717) is 0 Å². The van der Waals surface area contributed by atoms with Crippen molar-refractivity contribution in [2.75, 3.05) is 0 Å². The summed E-state index contributed by atoms with van der Waals surface area (Å²) < 4.78 is 4.48. The maximum Gasteiger partial charge on any atom is 0.0541 e. The summed E-state index contributed by atoms with van der Waals surface area (Å²) in [5.41, 5.74) is 6.03. The van der Waals surface area contributed by atoms with Crippen LogP contribution in [0.1, 0.15) is 0 Å². The van der Waals surface area contributed by atoms with Crippen molar-refractivity contribution in [2.45, 2.75) is 0 Å². The van der Waals surface area contributed by atoms with Crippen molar-refractivity contribution < 1.29 is 0 Å². The Labute approximate surface area is 174 Å². The minimum Gasteiger partial charge on any atom is -0.309 e. The molecule has 0 spiro atoms. The van der Waals surface area contributed by atoms with Crippen LogP contribution in [0.4, 0.5) is 0 Å². The molecule has 1 aromatic heterocycles. The van der Waals surface area contributed by atoms with Crippen molar-refractivity contribution in [2.24, 2.45) is 0 Å². The highest BCUT2D eigenvalue weighted by Crippen LogP contribution is 2.36. The summed E-state index contributed by atoms with van der Waals surface area (Å²) >= 11 is 7.20. The van der Waals surface area contributed by atoms with E-state index in [1.807, 2.05) is 0 Å². The quantitative estimate of drug-likeness (QED) is 0.243. The van der Waals surface area contributed by atoms with Gasteiger partial charge < -0.3 is 4.57 Å². The average Bonchev–Trinajstić information content (AvgIpc) is 3.01. The number of para-hydroxylation sites is 2. The van der Waals surface area contributed by atoms with Gasteiger partial charge in [-0.2, -0.15) is 0 Å². The molecule has 0 saturated heterocycles. The smallest absolute Gasteiger partial charge is 0.0541 e. The Balaban J connectivity index is 1.83. The summed E-state index contributed by atoms with van der Waals surface area (Å²) in [7, 11) is 0. The molecule has 0 amide bonds. The van der Waals surface area contributed by atoms with E-state index in [1.165, 1.54) is 38.6 Å². The number of halogens is 2. The first-order valence-corrected chi connectivity index (χ1v) is 10.3. The van der Waals surface area contributed by atoms with Gasteiger partial charge in [-0.15, -0.1) is 0 Å². The van der Waals surface area contributed by atoms with Crippen molar-refractivity contribution in [1.29, 1.82) is 0 Å². The zero-order valence-corrected chi connectivity index (χ0v) is 17.5. The first-order chi connectivity index (χ1) is 13.2. The lowest BCUT2D eigenvalue weighted by atomic mass is 10.0. The minimum atomic E-state index is 1.07. The van der Waals surface area contributed by atoms with Crippen molar-refractivity contribution in [3.63, 3.8) is 0 Å². The molecule has 4 aromatic carbocycles. The third-order valence-corrected chi connectivity index (χ3v) is 5.80. The molecule has 5 aromatic rings. The molecule has 0 N–H and O–H groups in total. The standard InChI is InChI=1S/C24H15Br2N/c25-18-12-17(13-19(26)15-18)16-10-11-24-22(14-16)21-8-4-5-9-23(21)27(24)20-6-2-1-3-7-20/h1-15H. The highest BCUT2D eigenvalue weighted by Gasteiger charge is 2.13. The summed E-state index contributed by atoms with van der Waals surface area (Å²) in [6.07, 6.45) is 0. The molecular weight excluding hydrogens is 462 g/mol. The van der Waals surface area contributed by atoms with Crippen LogP contribution >= 0.6 is 31.9 Å². The summed E-state index contributed by atoms with van der Waals surface area (Å²) in [6, 6.07) is 32.3. The summed E-state index contributed by atoms with van der Waals surface area (Å²) in [5.74, 6) is 0. The summed E-state index contributed by atoms with van der Waals surface area (Å²) in [4.78, 5) is 0. The molecule has 3 heteroatoms. The number of hydrogen-bond donors (Lipinski definition) is 0. The summed E-state index contributed by atoms with van der Waals surface area (Å²) in [5, 5.41) is 2.54. The van der Waals surface area contributed by atoms with E-state index in [4.69, 9.17) is 0 Å². The van der Waals surface area contributed by atoms with Gasteiger partial charge in [-0.05, 0) is 59.7 Å². The third kappa shape index (κ3) is 2.91. The SMILES string of the molecule is Brc1cc(Br)cc(-c2ccc3c(c2)c2ccccc2n3-c2ccccc2)c1. The molecule has 0 unspecified atom stereocenters. The van der Waals surface area contributed by atoms with E-state index in [0.717, 1.165) is 8.95 Å². The van der Waals surface area contributed by atoms with Gasteiger partial charge in [-0.3, -0.25) is 0 Å². The van der Waals surface area contributed by atoms with Crippen molar-refractivity contribution >= 4 is 53.7 Å². The van der Waals surface area contributed by atoms with Crippen LogP contribution in [0.2, 0.25) is 0 Å². The fourth-order valence-electron chi connectivity index (χ4n) is 3.73. The first-order valence-electron chi connectivity index (χ1n) is 8.76. The molecule has 0 fully saturated rings. The lowest BCUT2D eigenvalue weighted by Crippen LogP contribution is -1.92. The highest BCUT2D eigenvalue weighted by molar-refractivity contribution is 9.11. The monoisotopic (exact) mass is 475 g/mol. The molecule has 0 radical (unpaired) electrons. The fourth-order valence-corrected chi connectivity index (χ4v) is 5.02. The number of rotatable bonds is 2. The first kappa shape index (κ1) is 16.8. The Kier molecular flexibility index (Phi) is 4.14. The van der Waals surface area contributed by atoms with Crippen LogP contribution in [0.25, 0.3) is 38.6 Å². The Morgan fingerprint density at radius 2 is 1.19 bits per heavy atom. The zero-order chi connectivity index (χ0) is 18.4.